The van der Waals surface area contributed by atoms with Crippen LogP contribution in [-0.2, 0) is 23.2 Å². The van der Waals surface area contributed by atoms with Crippen LogP contribution in [0.4, 0.5) is 0 Å². The molecule has 0 saturated heterocycles. The zero-order chi connectivity index (χ0) is 13.4. The highest BCUT2D eigenvalue weighted by Gasteiger charge is 2.39. The zero-order valence-corrected chi connectivity index (χ0v) is 11.9. The van der Waals surface area contributed by atoms with E-state index in [0.29, 0.717) is 6.54 Å². The van der Waals surface area contributed by atoms with E-state index in [2.05, 4.69) is 35.5 Å². The minimum absolute atomic E-state index is 0.0259. The predicted octanol–water partition coefficient (Wildman–Crippen LogP) is 1.60. The zero-order valence-electron chi connectivity index (χ0n) is 11.9. The van der Waals surface area contributed by atoms with Crippen molar-refractivity contribution in [2.24, 2.45) is 5.73 Å². The molecule has 2 rings (SSSR count). The highest BCUT2D eigenvalue weighted by molar-refractivity contribution is 5.07. The van der Waals surface area contributed by atoms with Crippen molar-refractivity contribution in [2.45, 2.75) is 64.1 Å². The summed E-state index contributed by atoms with van der Waals surface area (Å²) in [4.78, 5) is 0. The van der Waals surface area contributed by atoms with Crippen LogP contribution >= 0.6 is 0 Å². The van der Waals surface area contributed by atoms with Crippen LogP contribution in [0.25, 0.3) is 0 Å². The number of nitrogens with two attached hydrogens (primary N) is 1. The summed E-state index contributed by atoms with van der Waals surface area (Å²) in [5.41, 5.74) is 5.67. The van der Waals surface area contributed by atoms with Crippen LogP contribution in [0.1, 0.15) is 51.7 Å². The van der Waals surface area contributed by atoms with E-state index < -0.39 is 0 Å². The monoisotopic (exact) mass is 252 g/mol. The fourth-order valence-electron chi connectivity index (χ4n) is 2.69. The third-order valence-electron chi connectivity index (χ3n) is 3.83. The van der Waals surface area contributed by atoms with Crippen LogP contribution in [-0.4, -0.2) is 27.5 Å². The number of methoxy groups -OCH3 is 1. The molecule has 1 aliphatic carbocycles. The Morgan fingerprint density at radius 1 is 1.28 bits per heavy atom. The maximum absolute atomic E-state index is 5.75. The van der Waals surface area contributed by atoms with Gasteiger partial charge in [0.25, 0.3) is 0 Å². The average molecular weight is 252 g/mol. The largest absolute Gasteiger partial charge is 0.378 e. The predicted molar refractivity (Wildman–Crippen MR) is 70.2 cm³/mol. The van der Waals surface area contributed by atoms with Crippen molar-refractivity contribution in [3.63, 3.8) is 0 Å². The summed E-state index contributed by atoms with van der Waals surface area (Å²) in [6.45, 7) is 6.88. The van der Waals surface area contributed by atoms with Crippen LogP contribution in [0.3, 0.4) is 0 Å². The molecule has 0 atom stereocenters. The van der Waals surface area contributed by atoms with Crippen LogP contribution in [0.15, 0.2) is 0 Å². The van der Waals surface area contributed by atoms with Crippen molar-refractivity contribution >= 4 is 0 Å². The van der Waals surface area contributed by atoms with Gasteiger partial charge in [0.05, 0.1) is 12.1 Å². The summed E-state index contributed by atoms with van der Waals surface area (Å²) in [7, 11) is 1.79. The number of ether oxygens (including phenoxy) is 1. The van der Waals surface area contributed by atoms with Crippen LogP contribution < -0.4 is 5.73 Å². The second-order valence-electron chi connectivity index (χ2n) is 6.16. The SMILES string of the molecule is COC1(Cc2nnc(CN)n2C(C)(C)C)CCC1. The Balaban J connectivity index is 2.31. The lowest BCUT2D eigenvalue weighted by Gasteiger charge is -2.40. The van der Waals surface area contributed by atoms with Crippen LogP contribution in [0, 0.1) is 0 Å². The molecule has 1 saturated carbocycles. The molecule has 1 aromatic heterocycles. The van der Waals surface area contributed by atoms with Gasteiger partial charge < -0.3 is 15.0 Å². The van der Waals surface area contributed by atoms with E-state index in [1.165, 1.54) is 6.42 Å². The molecule has 0 spiro atoms. The third-order valence-corrected chi connectivity index (χ3v) is 3.83. The summed E-state index contributed by atoms with van der Waals surface area (Å²) < 4.78 is 7.83. The molecule has 0 unspecified atom stereocenters. The molecule has 1 aromatic rings. The second-order valence-corrected chi connectivity index (χ2v) is 6.16. The summed E-state index contributed by atoms with van der Waals surface area (Å²) >= 11 is 0. The molecule has 2 N–H and O–H groups in total. The summed E-state index contributed by atoms with van der Waals surface area (Å²) in [6.07, 6.45) is 4.28. The van der Waals surface area contributed by atoms with E-state index in [1.807, 2.05) is 0 Å². The molecule has 102 valence electrons. The molecule has 5 nitrogen and oxygen atoms in total. The van der Waals surface area contributed by atoms with Crippen LogP contribution in [0.2, 0.25) is 0 Å². The van der Waals surface area contributed by atoms with Crippen molar-refractivity contribution in [3.05, 3.63) is 11.6 Å². The lowest BCUT2D eigenvalue weighted by Crippen LogP contribution is -2.43. The summed E-state index contributed by atoms with van der Waals surface area (Å²) in [5.74, 6) is 1.84. The molecule has 1 heterocycles. The molecule has 1 aliphatic rings. The van der Waals surface area contributed by atoms with Crippen LogP contribution in [0.5, 0.6) is 0 Å². The molecule has 18 heavy (non-hydrogen) atoms. The average Bonchev–Trinajstić information content (AvgIpc) is 2.65. The van der Waals surface area contributed by atoms with Crippen molar-refractivity contribution in [1.82, 2.24) is 14.8 Å². The molecule has 0 bridgehead atoms. The first-order valence-electron chi connectivity index (χ1n) is 6.61. The molecular weight excluding hydrogens is 228 g/mol. The first-order valence-corrected chi connectivity index (χ1v) is 6.61. The Bertz CT molecular complexity index is 410. The Morgan fingerprint density at radius 3 is 2.28 bits per heavy atom. The van der Waals surface area contributed by atoms with Crippen molar-refractivity contribution in [1.29, 1.82) is 0 Å². The van der Waals surface area contributed by atoms with Crippen molar-refractivity contribution in [2.75, 3.05) is 7.11 Å². The molecular formula is C13H24N4O. The van der Waals surface area contributed by atoms with Gasteiger partial charge >= 0.3 is 0 Å². The normalized spacial score (nSPS) is 18.7. The Kier molecular flexibility index (Phi) is 3.47. The topological polar surface area (TPSA) is 66.0 Å². The minimum Gasteiger partial charge on any atom is -0.378 e. The first kappa shape index (κ1) is 13.5. The van der Waals surface area contributed by atoms with Gasteiger partial charge in [0, 0.05) is 19.1 Å². The molecule has 0 aromatic carbocycles. The van der Waals surface area contributed by atoms with Gasteiger partial charge in [-0.1, -0.05) is 0 Å². The standard InChI is InChI=1S/C13H24N4O/c1-12(2,3)17-10(15-16-11(17)9-14)8-13(18-4)6-5-7-13/h5-9,14H2,1-4H3. The quantitative estimate of drug-likeness (QED) is 0.884. The number of nitrogens with zero attached hydrogens (tertiary/aromatic N) is 3. The van der Waals surface area contributed by atoms with Gasteiger partial charge in [-0.25, -0.2) is 0 Å². The third kappa shape index (κ3) is 2.29. The Hall–Kier alpha value is -0.940. The van der Waals surface area contributed by atoms with Gasteiger partial charge in [-0.2, -0.15) is 0 Å². The Labute approximate surface area is 109 Å². The number of aromatic nitrogens is 3. The molecule has 0 aliphatic heterocycles. The molecule has 0 amide bonds. The van der Waals surface area contributed by atoms with Crippen molar-refractivity contribution < 1.29 is 4.74 Å². The fraction of sp³-hybridized carbons (Fsp3) is 0.846. The first-order chi connectivity index (χ1) is 8.42. The number of hydrogen-bond donors (Lipinski definition) is 1. The highest BCUT2D eigenvalue weighted by Crippen LogP contribution is 2.38. The number of hydrogen-bond acceptors (Lipinski definition) is 4. The second kappa shape index (κ2) is 4.63. The van der Waals surface area contributed by atoms with Gasteiger partial charge in [-0.15, -0.1) is 10.2 Å². The van der Waals surface area contributed by atoms with Gasteiger partial charge in [0.15, 0.2) is 0 Å². The van der Waals surface area contributed by atoms with Gasteiger partial charge in [-0.05, 0) is 40.0 Å². The summed E-state index contributed by atoms with van der Waals surface area (Å²) in [6, 6.07) is 0. The van der Waals surface area contributed by atoms with Gasteiger partial charge in [0.1, 0.15) is 11.6 Å². The van der Waals surface area contributed by atoms with E-state index in [1.54, 1.807) is 7.11 Å². The fourth-order valence-corrected chi connectivity index (χ4v) is 2.69. The lowest BCUT2D eigenvalue weighted by atomic mass is 9.77. The smallest absolute Gasteiger partial charge is 0.147 e. The molecule has 0 radical (unpaired) electrons. The molecule has 5 heteroatoms. The molecule has 1 fully saturated rings. The van der Waals surface area contributed by atoms with Gasteiger partial charge in [-0.3, -0.25) is 0 Å². The van der Waals surface area contributed by atoms with E-state index in [9.17, 15) is 0 Å². The Morgan fingerprint density at radius 2 is 1.89 bits per heavy atom. The van der Waals surface area contributed by atoms with E-state index in [-0.39, 0.29) is 11.1 Å². The maximum atomic E-state index is 5.75. The minimum atomic E-state index is -0.0494. The highest BCUT2D eigenvalue weighted by atomic mass is 16.5. The van der Waals surface area contributed by atoms with Crippen molar-refractivity contribution in [3.8, 4) is 0 Å². The summed E-state index contributed by atoms with van der Waals surface area (Å²) in [5, 5.41) is 8.53. The number of rotatable bonds is 4. The lowest BCUT2D eigenvalue weighted by molar-refractivity contribution is -0.0730. The van der Waals surface area contributed by atoms with E-state index in [0.717, 1.165) is 30.9 Å². The van der Waals surface area contributed by atoms with E-state index >= 15 is 0 Å². The van der Waals surface area contributed by atoms with Gasteiger partial charge in [0.2, 0.25) is 0 Å². The maximum Gasteiger partial charge on any atom is 0.147 e. The van der Waals surface area contributed by atoms with E-state index in [4.69, 9.17) is 10.5 Å².